The zero-order valence-electron chi connectivity index (χ0n) is 61.1. The van der Waals surface area contributed by atoms with Gasteiger partial charge >= 0.3 is 7.69 Å². The van der Waals surface area contributed by atoms with Crippen molar-refractivity contribution in [3.8, 4) is 83.6 Å². The highest BCUT2D eigenvalue weighted by Crippen LogP contribution is 2.49. The molecule has 0 aliphatic carbocycles. The Hall–Kier alpha value is -13.7. The van der Waals surface area contributed by atoms with Crippen LogP contribution in [0.3, 0.4) is 0 Å². The molecule has 1 N–H and O–H groups in total. The van der Waals surface area contributed by atoms with Crippen LogP contribution in [0.5, 0.6) is 5.75 Å². The number of hydrogen-bond acceptors (Lipinski definition) is 2. The van der Waals surface area contributed by atoms with Crippen molar-refractivity contribution >= 4 is 153 Å². The number of fused-ring (bicyclic) bond motifs is 14. The number of rotatable bonds is 9. The molecule has 22 aromatic carbocycles. The van der Waals surface area contributed by atoms with Gasteiger partial charge in [-0.25, -0.2) is 0 Å². The molecule has 22 rings (SSSR count). The van der Waals surface area contributed by atoms with Crippen molar-refractivity contribution in [2.75, 3.05) is 0 Å². The van der Waals surface area contributed by atoms with Gasteiger partial charge in [-0.05, 0) is 245 Å². The predicted molar refractivity (Wildman–Crippen MR) is 484 cm³/mol. The maximum Gasteiger partial charge on any atom is 0.569 e. The standard InChI is InChI=1S/C54H34.C34H22BO2.C20H13Br/c1-3-13-40-32-42(26-20-35(40)10-1)43-29-31-51-52(34-43)53(49-16-7-8-17-50(49)54(51)44-27-21-36-11-2-4-14-41(36)33-44)39-24-22-38(23-25-39)46-18-9-19-47-45-15-6-5-12-37(45)28-30-48(46)47;36-35-37-34-31-12-6-5-11-29(31)33(28-16-14-23-8-2-4-10-25(23)20-28)30-18-17-27(21-32(30)34)26-15-13-22-7-1-3-9-24(22)19-26;21-16-11-8-15(9-12-16)18-6-3-7-19-17-5-2-1-4-14(17)10-13-20(18)19/h1-34H;1-21,36H;1-13H. The molecular formula is C108H69BBrO2. The van der Waals surface area contributed by atoms with Gasteiger partial charge in [-0.2, -0.15) is 0 Å². The average Bonchev–Trinajstić information content (AvgIpc) is 0.733. The van der Waals surface area contributed by atoms with E-state index in [0.717, 1.165) is 56.0 Å². The molecule has 0 amide bonds. The van der Waals surface area contributed by atoms with Crippen LogP contribution in [0.1, 0.15) is 0 Å². The Labute approximate surface area is 658 Å². The Morgan fingerprint density at radius 1 is 0.179 bits per heavy atom. The van der Waals surface area contributed by atoms with E-state index in [1.165, 1.54) is 163 Å². The quantitative estimate of drug-likeness (QED) is 0.0887. The summed E-state index contributed by atoms with van der Waals surface area (Å²) in [7, 11) is 0.777. The molecule has 0 atom stereocenters. The predicted octanol–water partition coefficient (Wildman–Crippen LogP) is 30.2. The van der Waals surface area contributed by atoms with E-state index in [1.807, 2.05) is 6.07 Å². The first-order valence-electron chi connectivity index (χ1n) is 38.1. The normalized spacial score (nSPS) is 11.5. The van der Waals surface area contributed by atoms with Crippen LogP contribution in [0.4, 0.5) is 0 Å². The Morgan fingerprint density at radius 3 is 0.902 bits per heavy atom. The second kappa shape index (κ2) is 29.0. The molecular weight excluding hydrogens is 1420 g/mol. The van der Waals surface area contributed by atoms with E-state index in [-0.39, 0.29) is 0 Å². The van der Waals surface area contributed by atoms with E-state index < -0.39 is 0 Å². The van der Waals surface area contributed by atoms with Gasteiger partial charge in [-0.3, -0.25) is 0 Å². The van der Waals surface area contributed by atoms with Gasteiger partial charge in [0.15, 0.2) is 0 Å². The van der Waals surface area contributed by atoms with E-state index in [0.29, 0.717) is 5.75 Å². The molecule has 0 fully saturated rings. The van der Waals surface area contributed by atoms with Crippen molar-refractivity contribution < 1.29 is 9.68 Å². The molecule has 0 heterocycles. The Kier molecular flexibility index (Phi) is 17.5. The zero-order valence-corrected chi connectivity index (χ0v) is 62.7. The molecule has 0 aromatic heterocycles. The fraction of sp³-hybridized carbons (Fsp3) is 0. The highest BCUT2D eigenvalue weighted by molar-refractivity contribution is 9.10. The first-order chi connectivity index (χ1) is 55.4. The van der Waals surface area contributed by atoms with Gasteiger partial charge in [0, 0.05) is 15.2 Å². The summed E-state index contributed by atoms with van der Waals surface area (Å²) in [4.78, 5) is 0. The fourth-order valence-electron chi connectivity index (χ4n) is 17.2. The first-order valence-corrected chi connectivity index (χ1v) is 38.9. The van der Waals surface area contributed by atoms with E-state index in [4.69, 9.17) is 4.65 Å². The van der Waals surface area contributed by atoms with Gasteiger partial charge in [0.1, 0.15) is 5.75 Å². The van der Waals surface area contributed by atoms with Gasteiger partial charge in [-0.15, -0.1) is 0 Å². The molecule has 0 bridgehead atoms. The van der Waals surface area contributed by atoms with E-state index in [1.54, 1.807) is 0 Å². The minimum atomic E-state index is 0.653. The smallest absolute Gasteiger partial charge is 0.537 e. The van der Waals surface area contributed by atoms with Crippen LogP contribution in [-0.4, -0.2) is 12.7 Å². The second-order valence-corrected chi connectivity index (χ2v) is 29.9. The first kappa shape index (κ1) is 67.6. The lowest BCUT2D eigenvalue weighted by Gasteiger charge is -2.19. The SMILES string of the molecule is Brc1ccc(-c2cccc3c2ccc2ccccc23)cc1.O[B]Oc1c2ccccc2c(-c2ccc3ccccc3c2)c2ccc(-c3ccc4ccccc4c3)cc12.c1ccc2cc(-c3ccc4c(-c5ccc6ccccc6c5)c5ccccc5c(-c5ccc(-c6cccc7c6ccc6ccccc67)cc5)c4c3)ccc2c1. The third-order valence-electron chi connectivity index (χ3n) is 22.6. The van der Waals surface area contributed by atoms with Gasteiger partial charge in [0.25, 0.3) is 0 Å². The fourth-order valence-corrected chi connectivity index (χ4v) is 17.5. The van der Waals surface area contributed by atoms with Crippen LogP contribution < -0.4 is 4.65 Å². The average molecular weight is 1490 g/mol. The van der Waals surface area contributed by atoms with Gasteiger partial charge < -0.3 is 9.68 Å². The third kappa shape index (κ3) is 12.4. The lowest BCUT2D eigenvalue weighted by atomic mass is 9.84. The molecule has 4 heteroatoms. The van der Waals surface area contributed by atoms with Crippen molar-refractivity contribution in [2.24, 2.45) is 0 Å². The minimum absolute atomic E-state index is 0.653. The van der Waals surface area contributed by atoms with Crippen LogP contribution in [0, 0.1) is 0 Å². The Morgan fingerprint density at radius 2 is 0.455 bits per heavy atom. The molecule has 1 radical (unpaired) electrons. The van der Waals surface area contributed by atoms with Crippen molar-refractivity contribution in [3.63, 3.8) is 0 Å². The molecule has 0 saturated heterocycles. The van der Waals surface area contributed by atoms with Crippen LogP contribution in [0.2, 0.25) is 0 Å². The van der Waals surface area contributed by atoms with Crippen molar-refractivity contribution in [2.45, 2.75) is 0 Å². The maximum absolute atomic E-state index is 9.70. The summed E-state index contributed by atoms with van der Waals surface area (Å²) >= 11 is 3.50. The monoisotopic (exact) mass is 1490 g/mol. The van der Waals surface area contributed by atoms with Crippen molar-refractivity contribution in [3.05, 3.63) is 417 Å². The van der Waals surface area contributed by atoms with E-state index >= 15 is 0 Å². The topological polar surface area (TPSA) is 29.5 Å². The summed E-state index contributed by atoms with van der Waals surface area (Å²) < 4.78 is 6.89. The lowest BCUT2D eigenvalue weighted by Crippen LogP contribution is -2.02. The van der Waals surface area contributed by atoms with Gasteiger partial charge in [0.05, 0.1) is 0 Å². The van der Waals surface area contributed by atoms with E-state index in [9.17, 15) is 5.02 Å². The highest BCUT2D eigenvalue weighted by atomic mass is 79.9. The maximum atomic E-state index is 9.70. The largest absolute Gasteiger partial charge is 0.569 e. The molecule has 0 unspecified atom stereocenters. The summed E-state index contributed by atoms with van der Waals surface area (Å²) in [5, 5.41) is 39.0. The van der Waals surface area contributed by atoms with Crippen molar-refractivity contribution in [1.82, 2.24) is 0 Å². The van der Waals surface area contributed by atoms with Crippen molar-refractivity contribution in [1.29, 1.82) is 0 Å². The van der Waals surface area contributed by atoms with Crippen LogP contribution in [0.15, 0.2) is 417 Å². The van der Waals surface area contributed by atoms with Crippen LogP contribution in [0.25, 0.3) is 207 Å². The molecule has 22 aromatic rings. The number of halogens is 1. The Balaban J connectivity index is 0.000000121. The summed E-state index contributed by atoms with van der Waals surface area (Å²) in [6.07, 6.45) is 0. The minimum Gasteiger partial charge on any atom is -0.537 e. The van der Waals surface area contributed by atoms with Gasteiger partial charge in [0.2, 0.25) is 0 Å². The zero-order chi connectivity index (χ0) is 74.6. The third-order valence-corrected chi connectivity index (χ3v) is 23.2. The highest BCUT2D eigenvalue weighted by Gasteiger charge is 2.22. The second-order valence-electron chi connectivity index (χ2n) is 29.0. The molecule has 2 nitrogen and oxygen atoms in total. The molecule has 0 aliphatic heterocycles. The molecule has 0 aliphatic rings. The lowest BCUT2D eigenvalue weighted by molar-refractivity contribution is 0.459. The molecule has 0 saturated carbocycles. The van der Waals surface area contributed by atoms with Crippen LogP contribution >= 0.6 is 15.9 Å². The van der Waals surface area contributed by atoms with Gasteiger partial charge in [-0.1, -0.05) is 380 Å². The molecule has 0 spiro atoms. The summed E-state index contributed by atoms with van der Waals surface area (Å²) in [5.74, 6) is 0.653. The molecule has 523 valence electrons. The summed E-state index contributed by atoms with van der Waals surface area (Å²) in [6.45, 7) is 0. The van der Waals surface area contributed by atoms with E-state index in [2.05, 4.69) is 422 Å². The number of benzene rings is 22. The van der Waals surface area contributed by atoms with Crippen LogP contribution in [-0.2, 0) is 0 Å². The summed E-state index contributed by atoms with van der Waals surface area (Å²) in [5.41, 5.74) is 17.0. The Bertz CT molecular complexity index is 7470. The number of hydrogen-bond donors (Lipinski definition) is 1. The molecule has 112 heavy (non-hydrogen) atoms. The summed E-state index contributed by atoms with van der Waals surface area (Å²) in [6, 6.07) is 149.